The summed E-state index contributed by atoms with van der Waals surface area (Å²) in [6, 6.07) is 4.07. The van der Waals surface area contributed by atoms with E-state index in [1.807, 2.05) is 0 Å². The van der Waals surface area contributed by atoms with Gasteiger partial charge in [0.1, 0.15) is 12.0 Å². The molecule has 132 valence electrons. The maximum Gasteiger partial charge on any atom is 0.375 e. The van der Waals surface area contributed by atoms with Crippen molar-refractivity contribution in [2.75, 3.05) is 7.11 Å². The summed E-state index contributed by atoms with van der Waals surface area (Å²) in [5.74, 6) is -2.32. The molecule has 3 N–H and O–H groups in total. The highest BCUT2D eigenvalue weighted by Gasteiger charge is 2.25. The Hall–Kier alpha value is -2.81. The van der Waals surface area contributed by atoms with Gasteiger partial charge in [-0.05, 0) is 23.9 Å². The Morgan fingerprint density at radius 1 is 1.52 bits per heavy atom. The third kappa shape index (κ3) is 4.83. The summed E-state index contributed by atoms with van der Waals surface area (Å²) in [5.41, 5.74) is 0.592. The van der Waals surface area contributed by atoms with E-state index in [4.69, 9.17) is 17.0 Å². The largest absolute Gasteiger partial charge is 0.463 e. The van der Waals surface area contributed by atoms with Crippen molar-refractivity contribution >= 4 is 41.4 Å². The number of ether oxygens (including phenoxy) is 1. The third-order valence-corrected chi connectivity index (χ3v) is 3.45. The zero-order valence-electron chi connectivity index (χ0n) is 13.2. The summed E-state index contributed by atoms with van der Waals surface area (Å²) in [4.78, 5) is 31.7. The van der Waals surface area contributed by atoms with E-state index < -0.39 is 23.9 Å². The monoisotopic (exact) mass is 367 g/mol. The maximum absolute atomic E-state index is 13.1. The lowest BCUT2D eigenvalue weighted by molar-refractivity contribution is -0.132. The summed E-state index contributed by atoms with van der Waals surface area (Å²) >= 11 is 5.69. The zero-order chi connectivity index (χ0) is 18.4. The highest BCUT2D eigenvalue weighted by atomic mass is 35.5. The average Bonchev–Trinajstić information content (AvgIpc) is 2.61. The van der Waals surface area contributed by atoms with Crippen LogP contribution in [0.1, 0.15) is 12.0 Å². The standard InChI is InChI=1S/C15H15ClFN5O3/c1-25-15(24)13-21-11(4-5-18)20-12(22-13)14(23)19-7-8-2-3-10(17)9(16)6-8/h2-3,5-6,11,18H,4,7H2,1H3,(H,19,23)(H,20,21,22). The maximum atomic E-state index is 13.1. The lowest BCUT2D eigenvalue weighted by Gasteiger charge is -2.20. The molecule has 1 unspecified atom stereocenters. The number of rotatable bonds is 6. The van der Waals surface area contributed by atoms with Gasteiger partial charge in [0.2, 0.25) is 5.84 Å². The van der Waals surface area contributed by atoms with Crippen LogP contribution in [0.25, 0.3) is 0 Å². The molecule has 0 spiro atoms. The van der Waals surface area contributed by atoms with E-state index in [1.54, 1.807) is 0 Å². The summed E-state index contributed by atoms with van der Waals surface area (Å²) in [6.07, 6.45) is 0.586. The molecule has 0 saturated carbocycles. The van der Waals surface area contributed by atoms with Gasteiger partial charge in [0.25, 0.3) is 5.91 Å². The van der Waals surface area contributed by atoms with Gasteiger partial charge in [0.15, 0.2) is 5.84 Å². The van der Waals surface area contributed by atoms with E-state index >= 15 is 0 Å². The number of hydrogen-bond donors (Lipinski definition) is 3. The van der Waals surface area contributed by atoms with Crippen molar-refractivity contribution < 1.29 is 18.7 Å². The van der Waals surface area contributed by atoms with Crippen LogP contribution in [0.15, 0.2) is 28.2 Å². The molecule has 10 heteroatoms. The first-order valence-corrected chi connectivity index (χ1v) is 7.54. The number of aliphatic imine (C=N–C) groups is 2. The van der Waals surface area contributed by atoms with Crippen molar-refractivity contribution in [3.05, 3.63) is 34.6 Å². The second-order valence-electron chi connectivity index (χ2n) is 4.94. The van der Waals surface area contributed by atoms with Crippen LogP contribution in [0.4, 0.5) is 4.39 Å². The van der Waals surface area contributed by atoms with E-state index in [1.165, 1.54) is 25.3 Å². The quantitative estimate of drug-likeness (QED) is 0.514. The van der Waals surface area contributed by atoms with Crippen molar-refractivity contribution in [2.24, 2.45) is 9.98 Å². The number of carbonyl (C=O) groups excluding carboxylic acids is 2. The Morgan fingerprint density at radius 2 is 2.28 bits per heavy atom. The van der Waals surface area contributed by atoms with Gasteiger partial charge in [-0.25, -0.2) is 14.2 Å². The predicted molar refractivity (Wildman–Crippen MR) is 90.5 cm³/mol. The van der Waals surface area contributed by atoms with Crippen molar-refractivity contribution in [1.82, 2.24) is 10.6 Å². The number of benzene rings is 1. The minimum atomic E-state index is -0.785. The minimum absolute atomic E-state index is 0.0500. The fourth-order valence-corrected chi connectivity index (χ4v) is 2.15. The molecule has 0 aliphatic carbocycles. The normalized spacial score (nSPS) is 16.2. The highest BCUT2D eigenvalue weighted by molar-refractivity contribution is 6.46. The molecule has 0 fully saturated rings. The van der Waals surface area contributed by atoms with E-state index in [9.17, 15) is 14.0 Å². The van der Waals surface area contributed by atoms with Gasteiger partial charge in [-0.1, -0.05) is 17.7 Å². The molecule has 1 aromatic carbocycles. The lowest BCUT2D eigenvalue weighted by Crippen LogP contribution is -2.47. The van der Waals surface area contributed by atoms with E-state index in [2.05, 4.69) is 25.4 Å². The van der Waals surface area contributed by atoms with Gasteiger partial charge in [-0.15, -0.1) is 0 Å². The van der Waals surface area contributed by atoms with Crippen LogP contribution in [-0.2, 0) is 20.9 Å². The minimum Gasteiger partial charge on any atom is -0.463 e. The average molecular weight is 368 g/mol. The summed E-state index contributed by atoms with van der Waals surface area (Å²) in [6.45, 7) is 0.0828. The van der Waals surface area contributed by atoms with Gasteiger partial charge in [-0.2, -0.15) is 4.99 Å². The Labute approximate surface area is 147 Å². The molecule has 25 heavy (non-hydrogen) atoms. The van der Waals surface area contributed by atoms with Gasteiger partial charge in [0, 0.05) is 13.0 Å². The molecule has 1 aliphatic rings. The first-order valence-electron chi connectivity index (χ1n) is 7.17. The molecule has 0 radical (unpaired) electrons. The molecule has 1 amide bonds. The number of amidine groups is 2. The Morgan fingerprint density at radius 3 is 2.92 bits per heavy atom. The third-order valence-electron chi connectivity index (χ3n) is 3.16. The second kappa shape index (κ2) is 8.34. The molecule has 1 atom stereocenters. The number of carbonyl (C=O) groups is 2. The van der Waals surface area contributed by atoms with Crippen molar-refractivity contribution in [3.8, 4) is 0 Å². The Balaban J connectivity index is 2.09. The Kier molecular flexibility index (Phi) is 6.18. The number of nitrogens with zero attached hydrogens (tertiary/aromatic N) is 2. The van der Waals surface area contributed by atoms with Gasteiger partial charge in [0.05, 0.1) is 12.1 Å². The zero-order valence-corrected chi connectivity index (χ0v) is 13.9. The van der Waals surface area contributed by atoms with E-state index in [0.29, 0.717) is 5.56 Å². The molecule has 8 nitrogen and oxygen atoms in total. The summed E-state index contributed by atoms with van der Waals surface area (Å²) in [5, 5.41) is 12.4. The van der Waals surface area contributed by atoms with Crippen LogP contribution < -0.4 is 10.6 Å². The van der Waals surface area contributed by atoms with Crippen LogP contribution in [0.3, 0.4) is 0 Å². The van der Waals surface area contributed by atoms with Crippen LogP contribution in [0.5, 0.6) is 0 Å². The van der Waals surface area contributed by atoms with Gasteiger partial charge < -0.3 is 20.8 Å². The highest BCUT2D eigenvalue weighted by Crippen LogP contribution is 2.15. The predicted octanol–water partition coefficient (Wildman–Crippen LogP) is 1.03. The van der Waals surface area contributed by atoms with Crippen molar-refractivity contribution in [2.45, 2.75) is 19.1 Å². The number of methoxy groups -OCH3 is 1. The molecule has 0 saturated heterocycles. The number of nitrogens with one attached hydrogen (secondary N) is 3. The van der Waals surface area contributed by atoms with Crippen LogP contribution in [0, 0.1) is 11.2 Å². The molecule has 1 aromatic rings. The van der Waals surface area contributed by atoms with Crippen LogP contribution in [0.2, 0.25) is 5.02 Å². The van der Waals surface area contributed by atoms with Gasteiger partial charge in [-0.3, -0.25) is 4.79 Å². The molecule has 0 aromatic heterocycles. The molecular formula is C15H15ClFN5O3. The van der Waals surface area contributed by atoms with E-state index in [-0.39, 0.29) is 29.7 Å². The van der Waals surface area contributed by atoms with Gasteiger partial charge >= 0.3 is 5.97 Å². The summed E-state index contributed by atoms with van der Waals surface area (Å²) in [7, 11) is 1.17. The first-order chi connectivity index (χ1) is 11.9. The van der Waals surface area contributed by atoms with Crippen LogP contribution in [-0.4, -0.2) is 43.0 Å². The fourth-order valence-electron chi connectivity index (χ4n) is 1.95. The second-order valence-corrected chi connectivity index (χ2v) is 5.34. The smallest absolute Gasteiger partial charge is 0.375 e. The number of hydrogen-bond acceptors (Lipinski definition) is 7. The molecule has 1 heterocycles. The molecule has 1 aliphatic heterocycles. The summed E-state index contributed by atoms with van der Waals surface area (Å²) < 4.78 is 17.7. The van der Waals surface area contributed by atoms with Crippen molar-refractivity contribution in [1.29, 1.82) is 5.41 Å². The lowest BCUT2D eigenvalue weighted by atomic mass is 10.2. The van der Waals surface area contributed by atoms with E-state index in [0.717, 1.165) is 6.21 Å². The number of esters is 1. The topological polar surface area (TPSA) is 116 Å². The number of halogens is 2. The van der Waals surface area contributed by atoms with Crippen LogP contribution >= 0.6 is 11.6 Å². The number of amides is 1. The molecular weight excluding hydrogens is 353 g/mol. The molecule has 0 bridgehead atoms. The SMILES string of the molecule is COC(=O)C1=NC(CC=N)NC(C(=O)NCc2ccc(F)c(Cl)c2)=N1. The molecule has 2 rings (SSSR count). The van der Waals surface area contributed by atoms with Crippen molar-refractivity contribution in [3.63, 3.8) is 0 Å². The Bertz CT molecular complexity index is 766. The fraction of sp³-hybridized carbons (Fsp3) is 0.267. The first kappa shape index (κ1) is 18.5.